The third kappa shape index (κ3) is 3.48. The van der Waals surface area contributed by atoms with Crippen LogP contribution in [0.1, 0.15) is 5.56 Å². The number of anilines is 2. The Balaban J connectivity index is 1.71. The molecule has 0 atom stereocenters. The highest BCUT2D eigenvalue weighted by Crippen LogP contribution is 2.35. The smallest absolute Gasteiger partial charge is 0.416 e. The first kappa shape index (κ1) is 17.8. The Morgan fingerprint density at radius 1 is 1.07 bits per heavy atom. The predicted molar refractivity (Wildman–Crippen MR) is 101 cm³/mol. The number of aromatic nitrogens is 3. The second-order valence-corrected chi connectivity index (χ2v) is 6.13. The molecule has 0 aliphatic rings. The van der Waals surface area contributed by atoms with Crippen molar-refractivity contribution in [3.05, 3.63) is 66.6 Å². The number of rotatable bonds is 4. The summed E-state index contributed by atoms with van der Waals surface area (Å²) in [6, 6.07) is 12.3. The van der Waals surface area contributed by atoms with Crippen molar-refractivity contribution < 1.29 is 17.9 Å². The molecule has 0 aliphatic heterocycles. The molecule has 28 heavy (non-hydrogen) atoms. The van der Waals surface area contributed by atoms with E-state index in [1.807, 2.05) is 12.1 Å². The van der Waals surface area contributed by atoms with Gasteiger partial charge in [-0.05, 0) is 42.5 Å². The molecule has 0 radical (unpaired) electrons. The monoisotopic (exact) mass is 384 g/mol. The molecule has 4 aromatic rings. The number of fused-ring (bicyclic) bond motifs is 1. The number of halogens is 3. The van der Waals surface area contributed by atoms with Gasteiger partial charge in [-0.2, -0.15) is 13.2 Å². The van der Waals surface area contributed by atoms with Gasteiger partial charge >= 0.3 is 6.18 Å². The van der Waals surface area contributed by atoms with Crippen molar-refractivity contribution >= 4 is 22.4 Å². The number of hydrogen-bond acceptors (Lipinski definition) is 4. The van der Waals surface area contributed by atoms with E-state index in [0.29, 0.717) is 22.8 Å². The Hall–Kier alpha value is -3.55. The minimum atomic E-state index is -4.41. The maximum atomic E-state index is 13.0. The highest BCUT2D eigenvalue weighted by molar-refractivity contribution is 5.84. The molecule has 0 fully saturated rings. The second kappa shape index (κ2) is 6.88. The third-order valence-electron chi connectivity index (χ3n) is 4.27. The molecule has 8 heteroatoms. The summed E-state index contributed by atoms with van der Waals surface area (Å²) in [5, 5.41) is 3.87. The molecule has 142 valence electrons. The summed E-state index contributed by atoms with van der Waals surface area (Å²) in [7, 11) is 1.50. The van der Waals surface area contributed by atoms with Crippen molar-refractivity contribution in [3.8, 4) is 17.0 Å². The minimum absolute atomic E-state index is 0.313. The number of alkyl halides is 3. The van der Waals surface area contributed by atoms with E-state index in [1.165, 1.54) is 19.5 Å². The van der Waals surface area contributed by atoms with E-state index in [-0.39, 0.29) is 0 Å². The summed E-state index contributed by atoms with van der Waals surface area (Å²) in [5.74, 6) is 0.511. The van der Waals surface area contributed by atoms with Crippen LogP contribution in [0, 0.1) is 0 Å². The summed E-state index contributed by atoms with van der Waals surface area (Å²) in [4.78, 5) is 11.4. The van der Waals surface area contributed by atoms with Crippen LogP contribution in [0.5, 0.6) is 5.75 Å². The molecule has 2 aromatic heterocycles. The van der Waals surface area contributed by atoms with E-state index in [4.69, 9.17) is 4.74 Å². The van der Waals surface area contributed by atoms with Gasteiger partial charge in [-0.1, -0.05) is 6.07 Å². The van der Waals surface area contributed by atoms with Crippen molar-refractivity contribution in [1.29, 1.82) is 0 Å². The Morgan fingerprint density at radius 2 is 1.93 bits per heavy atom. The van der Waals surface area contributed by atoms with Gasteiger partial charge in [0.05, 0.1) is 18.4 Å². The molecular formula is C20H15F3N4O. The molecule has 0 amide bonds. The van der Waals surface area contributed by atoms with E-state index in [9.17, 15) is 13.2 Å². The zero-order valence-corrected chi connectivity index (χ0v) is 14.7. The van der Waals surface area contributed by atoms with E-state index < -0.39 is 11.7 Å². The van der Waals surface area contributed by atoms with Crippen LogP contribution in [0.25, 0.3) is 22.3 Å². The second-order valence-electron chi connectivity index (χ2n) is 6.13. The fourth-order valence-electron chi connectivity index (χ4n) is 2.93. The van der Waals surface area contributed by atoms with Crippen molar-refractivity contribution in [1.82, 2.24) is 15.0 Å². The van der Waals surface area contributed by atoms with Gasteiger partial charge in [0.15, 0.2) is 0 Å². The highest BCUT2D eigenvalue weighted by Gasteiger charge is 2.30. The Kier molecular flexibility index (Phi) is 4.38. The first-order valence-electron chi connectivity index (χ1n) is 8.35. The van der Waals surface area contributed by atoms with Crippen molar-refractivity contribution in [2.75, 3.05) is 12.4 Å². The third-order valence-corrected chi connectivity index (χ3v) is 4.27. The van der Waals surface area contributed by atoms with Crippen molar-refractivity contribution in [3.63, 3.8) is 0 Å². The highest BCUT2D eigenvalue weighted by atomic mass is 19.4. The summed E-state index contributed by atoms with van der Waals surface area (Å²) in [6.45, 7) is 0. The lowest BCUT2D eigenvalue weighted by Gasteiger charge is -2.14. The number of nitrogens with one attached hydrogen (secondary N) is 2. The molecule has 2 heterocycles. The van der Waals surface area contributed by atoms with Gasteiger partial charge in [-0.3, -0.25) is 0 Å². The topological polar surface area (TPSA) is 62.8 Å². The maximum absolute atomic E-state index is 13.0. The van der Waals surface area contributed by atoms with Crippen molar-refractivity contribution in [2.45, 2.75) is 6.18 Å². The normalized spacial score (nSPS) is 11.6. The maximum Gasteiger partial charge on any atom is 0.416 e. The molecule has 0 aliphatic carbocycles. The lowest BCUT2D eigenvalue weighted by atomic mass is 10.1. The SMILES string of the molecule is COc1ccc(-c2cc3cncnc3[nH]2)cc1Nc1cccc(C(F)(F)F)c1. The minimum Gasteiger partial charge on any atom is -0.495 e. The largest absolute Gasteiger partial charge is 0.495 e. The molecule has 0 saturated carbocycles. The standard InChI is InChI=1S/C20H15F3N4O/c1-28-18-6-5-12(16-8-13-10-24-11-25-19(13)27-16)7-17(18)26-15-4-2-3-14(9-15)20(21,22)23/h2-11,26H,1H3,(H,24,25,27). The number of methoxy groups -OCH3 is 1. The average Bonchev–Trinajstić information content (AvgIpc) is 3.12. The fourth-order valence-corrected chi connectivity index (χ4v) is 2.93. The molecule has 2 N–H and O–H groups in total. The van der Waals surface area contributed by atoms with Crippen LogP contribution >= 0.6 is 0 Å². The quantitative estimate of drug-likeness (QED) is 0.495. The van der Waals surface area contributed by atoms with Crippen molar-refractivity contribution in [2.24, 2.45) is 0 Å². The molecule has 2 aromatic carbocycles. The number of nitrogens with zero attached hydrogens (tertiary/aromatic N) is 2. The van der Waals surface area contributed by atoms with Crippen LogP contribution < -0.4 is 10.1 Å². The van der Waals surface area contributed by atoms with Crippen LogP contribution in [0.15, 0.2) is 61.1 Å². The zero-order chi connectivity index (χ0) is 19.7. The Bertz CT molecular complexity index is 1100. The van der Waals surface area contributed by atoms with Crippen LogP contribution in [-0.4, -0.2) is 22.1 Å². The summed E-state index contributed by atoms with van der Waals surface area (Å²) < 4.78 is 44.3. The van der Waals surface area contributed by atoms with E-state index in [1.54, 1.807) is 24.4 Å². The van der Waals surface area contributed by atoms with Gasteiger partial charge < -0.3 is 15.0 Å². The van der Waals surface area contributed by atoms with Gasteiger partial charge in [0.2, 0.25) is 0 Å². The molecule has 0 spiro atoms. The Labute approximate surface area is 158 Å². The first-order valence-corrected chi connectivity index (χ1v) is 8.35. The molecule has 5 nitrogen and oxygen atoms in total. The lowest BCUT2D eigenvalue weighted by molar-refractivity contribution is -0.137. The van der Waals surface area contributed by atoms with Gasteiger partial charge in [-0.15, -0.1) is 0 Å². The van der Waals surface area contributed by atoms with E-state index >= 15 is 0 Å². The number of hydrogen-bond donors (Lipinski definition) is 2. The summed E-state index contributed by atoms with van der Waals surface area (Å²) >= 11 is 0. The summed E-state index contributed by atoms with van der Waals surface area (Å²) in [5.41, 5.74) is 2.48. The van der Waals surface area contributed by atoms with Crippen LogP contribution in [-0.2, 0) is 6.18 Å². The van der Waals surface area contributed by atoms with Crippen LogP contribution in [0.2, 0.25) is 0 Å². The Morgan fingerprint density at radius 3 is 2.68 bits per heavy atom. The average molecular weight is 384 g/mol. The van der Waals surface area contributed by atoms with Crippen LogP contribution in [0.3, 0.4) is 0 Å². The summed E-state index contributed by atoms with van der Waals surface area (Å²) in [6.07, 6.45) is -1.25. The molecule has 0 bridgehead atoms. The zero-order valence-electron chi connectivity index (χ0n) is 14.7. The van der Waals surface area contributed by atoms with Gasteiger partial charge in [-0.25, -0.2) is 9.97 Å². The molecule has 0 unspecified atom stereocenters. The molecule has 0 saturated heterocycles. The fraction of sp³-hybridized carbons (Fsp3) is 0.100. The van der Waals surface area contributed by atoms with E-state index in [2.05, 4.69) is 20.3 Å². The first-order chi connectivity index (χ1) is 13.4. The number of ether oxygens (including phenoxy) is 1. The van der Waals surface area contributed by atoms with E-state index in [0.717, 1.165) is 28.8 Å². The molecular weight excluding hydrogens is 369 g/mol. The number of aromatic amines is 1. The molecule has 4 rings (SSSR count). The van der Waals surface area contributed by atoms with Crippen LogP contribution in [0.4, 0.5) is 24.5 Å². The van der Waals surface area contributed by atoms with Gasteiger partial charge in [0, 0.05) is 28.5 Å². The number of benzene rings is 2. The number of H-pyrrole nitrogens is 1. The predicted octanol–water partition coefficient (Wildman–Crippen LogP) is 5.40. The van der Waals surface area contributed by atoms with Gasteiger partial charge in [0.25, 0.3) is 0 Å². The lowest BCUT2D eigenvalue weighted by Crippen LogP contribution is -2.05. The van der Waals surface area contributed by atoms with Gasteiger partial charge in [0.1, 0.15) is 17.7 Å².